The van der Waals surface area contributed by atoms with Gasteiger partial charge in [0.05, 0.1) is 27.2 Å². The highest BCUT2D eigenvalue weighted by atomic mass is 32.1. The second-order valence-corrected chi connectivity index (χ2v) is 6.55. The topological polar surface area (TPSA) is 74.1 Å². The van der Waals surface area contributed by atoms with Gasteiger partial charge in [-0.3, -0.25) is 9.48 Å². The summed E-state index contributed by atoms with van der Waals surface area (Å²) in [4.78, 5) is 29.6. The van der Waals surface area contributed by atoms with E-state index in [2.05, 4.69) is 10.1 Å². The van der Waals surface area contributed by atoms with Crippen LogP contribution in [0.2, 0.25) is 0 Å². The molecule has 0 aromatic carbocycles. The van der Waals surface area contributed by atoms with Crippen LogP contribution < -0.4 is 0 Å². The molecule has 0 aliphatic carbocycles. The van der Waals surface area contributed by atoms with Crippen LogP contribution in [-0.2, 0) is 16.6 Å². The maximum atomic E-state index is 12.6. The van der Waals surface area contributed by atoms with E-state index in [9.17, 15) is 9.59 Å². The Kier molecular flexibility index (Phi) is 4.19. The van der Waals surface area contributed by atoms with Crippen molar-refractivity contribution in [1.82, 2.24) is 14.8 Å². The average molecular weight is 343 g/mol. The van der Waals surface area contributed by atoms with E-state index in [1.807, 2.05) is 24.4 Å². The van der Waals surface area contributed by atoms with E-state index in [1.54, 1.807) is 24.7 Å². The van der Waals surface area contributed by atoms with Crippen molar-refractivity contribution in [2.75, 3.05) is 0 Å². The highest BCUT2D eigenvalue weighted by Gasteiger charge is 2.23. The molecule has 1 unspecified atom stereocenters. The van der Waals surface area contributed by atoms with Gasteiger partial charge in [0.1, 0.15) is 0 Å². The van der Waals surface area contributed by atoms with Gasteiger partial charge >= 0.3 is 5.97 Å². The Bertz CT molecular complexity index is 928. The number of esters is 1. The van der Waals surface area contributed by atoms with Crippen LogP contribution in [0.1, 0.15) is 29.9 Å². The molecule has 7 heteroatoms. The zero-order valence-corrected chi connectivity index (χ0v) is 14.7. The van der Waals surface area contributed by atoms with Crippen molar-refractivity contribution >= 4 is 34.1 Å². The Balaban J connectivity index is 2.17. The van der Waals surface area contributed by atoms with Crippen LogP contribution in [0.25, 0.3) is 21.6 Å². The number of carbonyl (C=O) groups excluding carboxylic acids is 2. The molecule has 3 heterocycles. The fraction of sp³-hybridized carbons (Fsp3) is 0.294. The molecule has 0 aliphatic rings. The predicted molar refractivity (Wildman–Crippen MR) is 92.1 cm³/mol. The number of hydrogen-bond acceptors (Lipinski definition) is 6. The fourth-order valence-corrected chi connectivity index (χ4v) is 3.15. The van der Waals surface area contributed by atoms with E-state index in [-0.39, 0.29) is 5.78 Å². The van der Waals surface area contributed by atoms with Crippen molar-refractivity contribution in [1.29, 1.82) is 0 Å². The van der Waals surface area contributed by atoms with Gasteiger partial charge in [-0.2, -0.15) is 5.10 Å². The molecule has 0 bridgehead atoms. The highest BCUT2D eigenvalue weighted by molar-refractivity contribution is 7.13. The molecule has 124 valence electrons. The zero-order valence-electron chi connectivity index (χ0n) is 13.9. The molecule has 24 heavy (non-hydrogen) atoms. The summed E-state index contributed by atoms with van der Waals surface area (Å²) in [6.45, 7) is 4.78. The van der Waals surface area contributed by atoms with Crippen LogP contribution in [-0.4, -0.2) is 32.6 Å². The average Bonchev–Trinajstić information content (AvgIpc) is 3.15. The zero-order chi connectivity index (χ0) is 17.4. The number of Topliss-reactive ketones (excluding diaryl/α,β-unsaturated/α-hetero) is 1. The van der Waals surface area contributed by atoms with Gasteiger partial charge < -0.3 is 4.74 Å². The lowest BCUT2D eigenvalue weighted by atomic mass is 10.1. The van der Waals surface area contributed by atoms with E-state index in [4.69, 9.17) is 4.74 Å². The maximum Gasteiger partial charge on any atom is 0.339 e. The molecule has 0 N–H and O–H groups in total. The van der Waals surface area contributed by atoms with Gasteiger partial charge in [0.25, 0.3) is 0 Å². The maximum absolute atomic E-state index is 12.6. The summed E-state index contributed by atoms with van der Waals surface area (Å²) in [7, 11) is 1.79. The first-order chi connectivity index (χ1) is 11.4. The van der Waals surface area contributed by atoms with Gasteiger partial charge in [-0.15, -0.1) is 11.3 Å². The third-order valence-electron chi connectivity index (χ3n) is 3.82. The number of aryl methyl sites for hydroxylation is 2. The summed E-state index contributed by atoms with van der Waals surface area (Å²) in [5.41, 5.74) is 2.37. The smallest absolute Gasteiger partial charge is 0.339 e. The Morgan fingerprint density at radius 2 is 2.12 bits per heavy atom. The quantitative estimate of drug-likeness (QED) is 0.680. The van der Waals surface area contributed by atoms with E-state index in [0.717, 1.165) is 4.88 Å². The molecule has 0 amide bonds. The standard InChI is InChI=1S/C17H17N3O3S/c1-9-15-12(17(22)23-11(3)10(2)21)8-13(14-6-5-7-24-14)18-16(15)20(4)19-9/h5-8,11H,1-4H3. The minimum atomic E-state index is -0.789. The summed E-state index contributed by atoms with van der Waals surface area (Å²) >= 11 is 1.54. The Hall–Kier alpha value is -2.54. The van der Waals surface area contributed by atoms with Gasteiger partial charge in [-0.05, 0) is 38.3 Å². The van der Waals surface area contributed by atoms with Crippen LogP contribution >= 0.6 is 11.3 Å². The first-order valence-electron chi connectivity index (χ1n) is 7.48. The molecule has 0 saturated carbocycles. The molecule has 0 fully saturated rings. The third kappa shape index (κ3) is 2.82. The Labute approximate surface area is 143 Å². The summed E-state index contributed by atoms with van der Waals surface area (Å²) in [6, 6.07) is 5.57. The summed E-state index contributed by atoms with van der Waals surface area (Å²) < 4.78 is 6.94. The molecule has 1 atom stereocenters. The lowest BCUT2D eigenvalue weighted by Gasteiger charge is -2.11. The fourth-order valence-electron chi connectivity index (χ4n) is 2.46. The van der Waals surface area contributed by atoms with E-state index < -0.39 is 12.1 Å². The normalized spacial score (nSPS) is 12.3. The van der Waals surface area contributed by atoms with Crippen LogP contribution in [0.5, 0.6) is 0 Å². The first kappa shape index (κ1) is 16.3. The minimum Gasteiger partial charge on any atom is -0.451 e. The Morgan fingerprint density at radius 3 is 2.75 bits per heavy atom. The van der Waals surface area contributed by atoms with Crippen molar-refractivity contribution in [2.45, 2.75) is 26.9 Å². The van der Waals surface area contributed by atoms with Crippen molar-refractivity contribution in [3.05, 3.63) is 34.8 Å². The molecule has 3 rings (SSSR count). The monoisotopic (exact) mass is 343 g/mol. The summed E-state index contributed by atoms with van der Waals surface area (Å²) in [6.07, 6.45) is -0.789. The number of aromatic nitrogens is 3. The number of pyridine rings is 1. The third-order valence-corrected chi connectivity index (χ3v) is 4.71. The van der Waals surface area contributed by atoms with Crippen molar-refractivity contribution < 1.29 is 14.3 Å². The number of rotatable bonds is 4. The molecular weight excluding hydrogens is 326 g/mol. The lowest BCUT2D eigenvalue weighted by Crippen LogP contribution is -2.22. The number of fused-ring (bicyclic) bond motifs is 1. The Morgan fingerprint density at radius 1 is 1.38 bits per heavy atom. The first-order valence-corrected chi connectivity index (χ1v) is 8.36. The van der Waals surface area contributed by atoms with Crippen LogP contribution in [0, 0.1) is 6.92 Å². The second kappa shape index (κ2) is 6.16. The van der Waals surface area contributed by atoms with Gasteiger partial charge in [0, 0.05) is 7.05 Å². The summed E-state index contributed by atoms with van der Waals surface area (Å²) in [5.74, 6) is -0.742. The van der Waals surface area contributed by atoms with Crippen molar-refractivity contribution in [2.24, 2.45) is 7.05 Å². The van der Waals surface area contributed by atoms with E-state index in [1.165, 1.54) is 18.3 Å². The molecule has 0 aliphatic heterocycles. The number of ketones is 1. The van der Waals surface area contributed by atoms with Gasteiger partial charge in [0.2, 0.25) is 0 Å². The molecule has 3 aromatic heterocycles. The van der Waals surface area contributed by atoms with E-state index >= 15 is 0 Å². The number of ether oxygens (including phenoxy) is 1. The number of thiophene rings is 1. The van der Waals surface area contributed by atoms with Crippen LogP contribution in [0.15, 0.2) is 23.6 Å². The molecule has 0 radical (unpaired) electrons. The largest absolute Gasteiger partial charge is 0.451 e. The molecule has 0 spiro atoms. The highest BCUT2D eigenvalue weighted by Crippen LogP contribution is 2.29. The molecule has 3 aromatic rings. The van der Waals surface area contributed by atoms with Crippen LogP contribution in [0.3, 0.4) is 0 Å². The van der Waals surface area contributed by atoms with Gasteiger partial charge in [-0.25, -0.2) is 9.78 Å². The second-order valence-electron chi connectivity index (χ2n) is 5.60. The number of nitrogens with zero attached hydrogens (tertiary/aromatic N) is 3. The molecule has 0 saturated heterocycles. The van der Waals surface area contributed by atoms with Gasteiger partial charge in [-0.1, -0.05) is 6.07 Å². The summed E-state index contributed by atoms with van der Waals surface area (Å²) in [5, 5.41) is 6.95. The van der Waals surface area contributed by atoms with Crippen LogP contribution in [0.4, 0.5) is 0 Å². The minimum absolute atomic E-state index is 0.199. The molecular formula is C17H17N3O3S. The molecule has 6 nitrogen and oxygen atoms in total. The van der Waals surface area contributed by atoms with E-state index in [0.29, 0.717) is 28.0 Å². The van der Waals surface area contributed by atoms with Crippen molar-refractivity contribution in [3.8, 4) is 10.6 Å². The number of hydrogen-bond donors (Lipinski definition) is 0. The SMILES string of the molecule is CC(=O)C(C)OC(=O)c1cc(-c2cccs2)nc2c1c(C)nn2C. The van der Waals surface area contributed by atoms with Gasteiger partial charge in [0.15, 0.2) is 17.5 Å². The lowest BCUT2D eigenvalue weighted by molar-refractivity contribution is -0.124. The number of carbonyl (C=O) groups is 2. The van der Waals surface area contributed by atoms with Crippen molar-refractivity contribution in [3.63, 3.8) is 0 Å². The predicted octanol–water partition coefficient (Wildman–Crippen LogP) is 3.14.